The summed E-state index contributed by atoms with van der Waals surface area (Å²) in [6.45, 7) is 7.57. The molecule has 35 heavy (non-hydrogen) atoms. The van der Waals surface area contributed by atoms with Gasteiger partial charge in [0.05, 0.1) is 22.0 Å². The first-order valence-corrected chi connectivity index (χ1v) is 14.0. The summed E-state index contributed by atoms with van der Waals surface area (Å²) < 4.78 is 26.5. The van der Waals surface area contributed by atoms with Crippen LogP contribution in [0.25, 0.3) is 0 Å². The second kappa shape index (κ2) is 12.6. The number of aryl methyl sites for hydroxylation is 2. The zero-order valence-electron chi connectivity index (χ0n) is 20.8. The fraction of sp³-hybridized carbons (Fsp3) is 0.440. The highest BCUT2D eigenvalue weighted by molar-refractivity contribution is 7.92. The largest absolute Gasteiger partial charge is 0.354 e. The molecule has 2 amide bonds. The lowest BCUT2D eigenvalue weighted by Gasteiger charge is -2.33. The molecule has 1 N–H and O–H groups in total. The number of nitrogens with one attached hydrogen (secondary N) is 1. The van der Waals surface area contributed by atoms with Crippen molar-refractivity contribution in [2.24, 2.45) is 0 Å². The van der Waals surface area contributed by atoms with E-state index in [4.69, 9.17) is 23.2 Å². The molecule has 1 atom stereocenters. The maximum Gasteiger partial charge on any atom is 0.244 e. The van der Waals surface area contributed by atoms with Crippen molar-refractivity contribution in [1.29, 1.82) is 0 Å². The Morgan fingerprint density at radius 2 is 1.63 bits per heavy atom. The lowest BCUT2D eigenvalue weighted by atomic mass is 10.1. The molecule has 0 heterocycles. The summed E-state index contributed by atoms with van der Waals surface area (Å²) in [5.74, 6) is -0.792. The van der Waals surface area contributed by atoms with Crippen molar-refractivity contribution in [3.63, 3.8) is 0 Å². The average Bonchev–Trinajstić information content (AvgIpc) is 2.76. The van der Waals surface area contributed by atoms with Gasteiger partial charge in [0.1, 0.15) is 12.6 Å². The van der Waals surface area contributed by atoms with Crippen LogP contribution in [0.4, 0.5) is 5.69 Å². The van der Waals surface area contributed by atoms with Crippen LogP contribution in [0, 0.1) is 13.8 Å². The van der Waals surface area contributed by atoms with Crippen molar-refractivity contribution in [3.05, 3.63) is 63.1 Å². The Hall–Kier alpha value is -2.29. The topological polar surface area (TPSA) is 86.8 Å². The molecule has 0 fully saturated rings. The fourth-order valence-electron chi connectivity index (χ4n) is 3.83. The van der Waals surface area contributed by atoms with Crippen LogP contribution in [0.3, 0.4) is 0 Å². The predicted octanol–water partition coefficient (Wildman–Crippen LogP) is 4.71. The summed E-state index contributed by atoms with van der Waals surface area (Å²) in [6, 6.07) is 9.56. The van der Waals surface area contributed by atoms with Crippen molar-refractivity contribution in [2.75, 3.05) is 23.7 Å². The maximum atomic E-state index is 13.7. The fourth-order valence-corrected chi connectivity index (χ4v) is 4.98. The first-order chi connectivity index (χ1) is 16.4. The van der Waals surface area contributed by atoms with Gasteiger partial charge in [0.15, 0.2) is 0 Å². The molecule has 192 valence electrons. The molecule has 0 unspecified atom stereocenters. The predicted molar refractivity (Wildman–Crippen MR) is 142 cm³/mol. The monoisotopic (exact) mass is 541 g/mol. The summed E-state index contributed by atoms with van der Waals surface area (Å²) in [5, 5.41) is 3.54. The Labute approximate surface area is 218 Å². The Morgan fingerprint density at radius 1 is 1.00 bits per heavy atom. The normalized spacial score (nSPS) is 12.2. The molecule has 2 aromatic carbocycles. The van der Waals surface area contributed by atoms with Gasteiger partial charge in [-0.15, -0.1) is 0 Å². The summed E-state index contributed by atoms with van der Waals surface area (Å²) in [7, 11) is -3.79. The molecule has 0 radical (unpaired) electrons. The number of hydrogen-bond acceptors (Lipinski definition) is 4. The highest BCUT2D eigenvalue weighted by Crippen LogP contribution is 2.25. The van der Waals surface area contributed by atoms with Crippen LogP contribution in [0.15, 0.2) is 36.4 Å². The van der Waals surface area contributed by atoms with Gasteiger partial charge in [-0.05, 0) is 67.6 Å². The molecule has 10 heteroatoms. The van der Waals surface area contributed by atoms with Gasteiger partial charge >= 0.3 is 0 Å². The number of sulfonamides is 1. The molecular formula is C25H33Cl2N3O4S. The maximum absolute atomic E-state index is 13.7. The highest BCUT2D eigenvalue weighted by Gasteiger charge is 2.31. The Morgan fingerprint density at radius 3 is 2.14 bits per heavy atom. The van der Waals surface area contributed by atoms with Crippen LogP contribution in [-0.2, 0) is 26.2 Å². The number of carbonyl (C=O) groups is 2. The second-order valence-corrected chi connectivity index (χ2v) is 11.3. The van der Waals surface area contributed by atoms with Crippen LogP contribution in [-0.4, -0.2) is 50.5 Å². The minimum absolute atomic E-state index is 0.0677. The molecule has 2 rings (SSSR count). The van der Waals surface area contributed by atoms with Gasteiger partial charge in [-0.3, -0.25) is 13.9 Å². The summed E-state index contributed by atoms with van der Waals surface area (Å²) >= 11 is 12.2. The van der Waals surface area contributed by atoms with Crippen molar-refractivity contribution >= 4 is 50.7 Å². The number of amides is 2. The second-order valence-electron chi connectivity index (χ2n) is 8.60. The van der Waals surface area contributed by atoms with E-state index in [2.05, 4.69) is 5.32 Å². The summed E-state index contributed by atoms with van der Waals surface area (Å²) in [6.07, 6.45) is 2.16. The van der Waals surface area contributed by atoms with Crippen LogP contribution in [0.2, 0.25) is 10.0 Å². The smallest absolute Gasteiger partial charge is 0.244 e. The number of nitrogens with zero attached hydrogens (tertiary/aromatic N) is 2. The molecule has 0 aliphatic carbocycles. The van der Waals surface area contributed by atoms with Crippen molar-refractivity contribution in [1.82, 2.24) is 10.2 Å². The first-order valence-electron chi connectivity index (χ1n) is 11.4. The minimum Gasteiger partial charge on any atom is -0.354 e. The number of rotatable bonds is 11. The average molecular weight is 543 g/mol. The number of benzene rings is 2. The molecule has 7 nitrogen and oxygen atoms in total. The van der Waals surface area contributed by atoms with E-state index in [1.54, 1.807) is 30.3 Å². The van der Waals surface area contributed by atoms with Gasteiger partial charge in [0.2, 0.25) is 21.8 Å². The van der Waals surface area contributed by atoms with Gasteiger partial charge in [0.25, 0.3) is 0 Å². The standard InChI is InChI=1S/C25H33Cl2N3O4S/c1-6-10-28-25(32)23(7-2)29(15-19-8-9-21(26)22(27)14-19)24(31)16-30(35(5,33)34)20-12-17(3)11-18(4)13-20/h8-9,11-14,23H,6-7,10,15-16H2,1-5H3,(H,28,32)/t23-/m1/s1. The van der Waals surface area contributed by atoms with Crippen molar-refractivity contribution in [3.8, 4) is 0 Å². The van der Waals surface area contributed by atoms with Crippen molar-refractivity contribution in [2.45, 2.75) is 53.1 Å². The zero-order valence-corrected chi connectivity index (χ0v) is 23.1. The van der Waals surface area contributed by atoms with E-state index in [1.165, 1.54) is 4.90 Å². The zero-order chi connectivity index (χ0) is 26.3. The molecule has 2 aromatic rings. The third-order valence-electron chi connectivity index (χ3n) is 5.45. The number of halogens is 2. The Kier molecular flexibility index (Phi) is 10.4. The van der Waals surface area contributed by atoms with Crippen LogP contribution < -0.4 is 9.62 Å². The summed E-state index contributed by atoms with van der Waals surface area (Å²) in [5.41, 5.74) is 2.82. The third-order valence-corrected chi connectivity index (χ3v) is 7.33. The van der Waals surface area contributed by atoms with E-state index < -0.39 is 28.5 Å². The molecule has 0 aromatic heterocycles. The SMILES string of the molecule is CCCNC(=O)[C@@H](CC)N(Cc1ccc(Cl)c(Cl)c1)C(=O)CN(c1cc(C)cc(C)c1)S(C)(=O)=O. The van der Waals surface area contributed by atoms with Gasteiger partial charge in [-0.1, -0.05) is 49.2 Å². The van der Waals surface area contributed by atoms with E-state index in [0.717, 1.165) is 28.1 Å². The lowest BCUT2D eigenvalue weighted by Crippen LogP contribution is -2.52. The van der Waals surface area contributed by atoms with Crippen LogP contribution >= 0.6 is 23.2 Å². The van der Waals surface area contributed by atoms with E-state index >= 15 is 0 Å². The van der Waals surface area contributed by atoms with Gasteiger partial charge < -0.3 is 10.2 Å². The summed E-state index contributed by atoms with van der Waals surface area (Å²) in [4.78, 5) is 28.0. The van der Waals surface area contributed by atoms with Gasteiger partial charge in [-0.2, -0.15) is 0 Å². The molecule has 0 spiro atoms. The minimum atomic E-state index is -3.79. The molecule has 0 bridgehead atoms. The Bertz CT molecular complexity index is 1150. The quantitative estimate of drug-likeness (QED) is 0.446. The molecule has 0 aliphatic heterocycles. The van der Waals surface area contributed by atoms with Crippen LogP contribution in [0.1, 0.15) is 43.4 Å². The lowest BCUT2D eigenvalue weighted by molar-refractivity contribution is -0.140. The van der Waals surface area contributed by atoms with Gasteiger partial charge in [0, 0.05) is 13.1 Å². The van der Waals surface area contributed by atoms with Gasteiger partial charge in [-0.25, -0.2) is 8.42 Å². The molecule has 0 saturated heterocycles. The number of hydrogen-bond donors (Lipinski definition) is 1. The number of carbonyl (C=O) groups excluding carboxylic acids is 2. The molecular weight excluding hydrogens is 509 g/mol. The van der Waals surface area contributed by atoms with E-state index in [9.17, 15) is 18.0 Å². The molecule has 0 saturated carbocycles. The van der Waals surface area contributed by atoms with E-state index in [1.807, 2.05) is 33.8 Å². The van der Waals surface area contributed by atoms with E-state index in [0.29, 0.717) is 34.3 Å². The van der Waals surface area contributed by atoms with Crippen molar-refractivity contribution < 1.29 is 18.0 Å². The first kappa shape index (κ1) is 28.9. The highest BCUT2D eigenvalue weighted by atomic mass is 35.5. The van der Waals surface area contributed by atoms with E-state index in [-0.39, 0.29) is 12.5 Å². The number of anilines is 1. The third kappa shape index (κ3) is 8.12. The van der Waals surface area contributed by atoms with Crippen LogP contribution in [0.5, 0.6) is 0 Å². The Balaban J connectivity index is 2.48. The molecule has 0 aliphatic rings.